The topological polar surface area (TPSA) is 185 Å². The van der Waals surface area contributed by atoms with Crippen molar-refractivity contribution in [2.24, 2.45) is 5.92 Å². The molecule has 0 bridgehead atoms. The second kappa shape index (κ2) is 21.2. The van der Waals surface area contributed by atoms with E-state index in [1.165, 1.54) is 43.2 Å². The number of rotatable bonds is 17. The molecule has 0 saturated carbocycles. The van der Waals surface area contributed by atoms with Gasteiger partial charge in [0, 0.05) is 18.0 Å². The Morgan fingerprint density at radius 3 is 2.08 bits per heavy atom. The van der Waals surface area contributed by atoms with Crippen LogP contribution in [0.3, 0.4) is 0 Å². The maximum atomic E-state index is 14.5. The molecule has 65 heavy (non-hydrogen) atoms. The molecular formula is C48H62FN5O10Si. The van der Waals surface area contributed by atoms with Gasteiger partial charge in [-0.1, -0.05) is 92.3 Å². The van der Waals surface area contributed by atoms with Gasteiger partial charge >= 0.3 is 12.2 Å². The summed E-state index contributed by atoms with van der Waals surface area (Å²) in [4.78, 5) is 69.6. The minimum absolute atomic E-state index is 0.0281. The number of nitrogens with one attached hydrogen (secondary N) is 3. The third kappa shape index (κ3) is 11.0. The Labute approximate surface area is 381 Å². The molecule has 0 aliphatic carbocycles. The van der Waals surface area contributed by atoms with Crippen molar-refractivity contribution in [2.45, 2.75) is 116 Å². The van der Waals surface area contributed by atoms with Crippen molar-refractivity contribution in [1.82, 2.24) is 15.5 Å². The summed E-state index contributed by atoms with van der Waals surface area (Å²) in [5, 5.41) is 20.1. The molecule has 4 N–H and O–H groups in total. The van der Waals surface area contributed by atoms with Gasteiger partial charge in [0.2, 0.25) is 11.8 Å². The summed E-state index contributed by atoms with van der Waals surface area (Å²) in [6, 6.07) is 12.5. The number of hydrogen-bond acceptors (Lipinski definition) is 10. The minimum Gasteiger partial charge on any atom is -0.540 e. The largest absolute Gasteiger partial charge is 0.540 e. The van der Waals surface area contributed by atoms with E-state index in [-0.39, 0.29) is 53.4 Å². The van der Waals surface area contributed by atoms with Crippen molar-refractivity contribution < 1.29 is 52.1 Å². The Morgan fingerprint density at radius 1 is 0.877 bits per heavy atom. The zero-order valence-electron chi connectivity index (χ0n) is 38.8. The molecule has 5 amide bonds. The number of hydrogen-bond donors (Lipinski definition) is 4. The predicted molar refractivity (Wildman–Crippen MR) is 248 cm³/mol. The molecule has 5 rings (SSSR count). The van der Waals surface area contributed by atoms with Crippen molar-refractivity contribution in [2.75, 3.05) is 23.9 Å². The molecule has 0 unspecified atom stereocenters. The summed E-state index contributed by atoms with van der Waals surface area (Å²) in [5.41, 5.74) is 2.93. The summed E-state index contributed by atoms with van der Waals surface area (Å²) >= 11 is 0. The van der Waals surface area contributed by atoms with E-state index in [4.69, 9.17) is 18.6 Å². The summed E-state index contributed by atoms with van der Waals surface area (Å²) in [7, 11) is -1.13. The molecule has 350 valence electrons. The average Bonchev–Trinajstić information content (AvgIpc) is 3.69. The second-order valence-corrected chi connectivity index (χ2v) is 23.0. The molecule has 15 nitrogen and oxygen atoms in total. The van der Waals surface area contributed by atoms with Gasteiger partial charge in [0.15, 0.2) is 12.0 Å². The highest BCUT2D eigenvalue weighted by molar-refractivity contribution is 6.78. The van der Waals surface area contributed by atoms with Gasteiger partial charge in [0.1, 0.15) is 36.9 Å². The number of aliphatic hydroxyl groups excluding tert-OH is 1. The van der Waals surface area contributed by atoms with E-state index in [1.54, 1.807) is 62.5 Å². The lowest BCUT2D eigenvalue weighted by Crippen LogP contribution is -2.53. The lowest BCUT2D eigenvalue weighted by molar-refractivity contribution is -0.128. The smallest absolute Gasteiger partial charge is 0.416 e. The van der Waals surface area contributed by atoms with E-state index >= 15 is 0 Å². The number of carbonyl (C=O) groups is 5. The molecule has 0 fully saturated rings. The number of benzene rings is 3. The molecule has 17 heteroatoms. The van der Waals surface area contributed by atoms with Gasteiger partial charge in [-0.25, -0.2) is 18.9 Å². The van der Waals surface area contributed by atoms with Crippen LogP contribution in [0.1, 0.15) is 90.2 Å². The number of anilines is 2. The fourth-order valence-corrected chi connectivity index (χ4v) is 13.9. The third-order valence-corrected chi connectivity index (χ3v) is 18.0. The molecule has 3 aromatic carbocycles. The minimum atomic E-state index is -2.61. The zero-order valence-corrected chi connectivity index (χ0v) is 39.8. The average molecular weight is 916 g/mol. The Kier molecular flexibility index (Phi) is 16.2. The maximum absolute atomic E-state index is 14.5. The van der Waals surface area contributed by atoms with Crippen molar-refractivity contribution >= 4 is 55.2 Å². The first-order valence-corrected chi connectivity index (χ1v) is 24.0. The fourth-order valence-electron chi connectivity index (χ4n) is 8.67. The van der Waals surface area contributed by atoms with Gasteiger partial charge in [0.25, 0.3) is 14.2 Å². The predicted octanol–water partition coefficient (Wildman–Crippen LogP) is 8.50. The number of carbonyl (C=O) groups excluding carboxylic acids is 5. The van der Waals surface area contributed by atoms with E-state index in [0.29, 0.717) is 33.9 Å². The summed E-state index contributed by atoms with van der Waals surface area (Å²) in [6.45, 7) is 21.0. The van der Waals surface area contributed by atoms with Crippen molar-refractivity contribution in [3.8, 4) is 11.5 Å². The number of aliphatic hydroxyl groups is 1. The lowest BCUT2D eigenvalue weighted by Gasteiger charge is -2.42. The van der Waals surface area contributed by atoms with Crippen LogP contribution in [0.5, 0.6) is 11.5 Å². The molecule has 2 aliphatic rings. The normalized spacial score (nSPS) is 16.9. The molecule has 3 aromatic rings. The zero-order chi connectivity index (χ0) is 47.9. The first-order valence-electron chi connectivity index (χ1n) is 21.8. The second-order valence-electron chi connectivity index (χ2n) is 17.6. The van der Waals surface area contributed by atoms with Crippen LogP contribution in [0.4, 0.5) is 25.4 Å². The molecule has 0 saturated heterocycles. The SMILES string of the molecule is C=CCOC(=O)N[C@H](C(=O)N[C@@H](C)C(=O)Nc1ccc(COC(=O)N2c3cc(O[Si](C(C)C)(C(C)C)C(C)C)c(OC)cc3C(=O)N3C=C(c4ccc(F)cc4)C[C@H]3[C@@H]2O)cc1)C(C)C. The molecule has 4 atom stereocenters. The Balaban J connectivity index is 1.39. The Hall–Kier alpha value is -6.20. The van der Waals surface area contributed by atoms with E-state index in [0.717, 1.165) is 4.90 Å². The first kappa shape index (κ1) is 49.8. The fraction of sp³-hybridized carbons (Fsp3) is 0.438. The first-order chi connectivity index (χ1) is 30.7. The summed E-state index contributed by atoms with van der Waals surface area (Å²) < 4.78 is 37.6. The van der Waals surface area contributed by atoms with Gasteiger partial charge < -0.3 is 44.6 Å². The third-order valence-electron chi connectivity index (χ3n) is 12.0. The molecule has 0 aromatic heterocycles. The summed E-state index contributed by atoms with van der Waals surface area (Å²) in [5.74, 6) is -1.68. The number of ether oxygens (including phenoxy) is 3. The van der Waals surface area contributed by atoms with Crippen LogP contribution in [0.2, 0.25) is 16.6 Å². The Morgan fingerprint density at radius 2 is 1.51 bits per heavy atom. The van der Waals surface area contributed by atoms with Gasteiger partial charge in [-0.15, -0.1) is 0 Å². The molecule has 2 heterocycles. The van der Waals surface area contributed by atoms with Crippen LogP contribution in [-0.4, -0.2) is 86.3 Å². The van der Waals surface area contributed by atoms with Crippen LogP contribution < -0.4 is 30.0 Å². The van der Waals surface area contributed by atoms with Gasteiger partial charge in [-0.3, -0.25) is 14.4 Å². The number of amides is 5. The maximum Gasteiger partial charge on any atom is 0.416 e. The van der Waals surface area contributed by atoms with Crippen LogP contribution in [0.15, 0.2) is 79.5 Å². The van der Waals surface area contributed by atoms with E-state index in [9.17, 15) is 33.5 Å². The van der Waals surface area contributed by atoms with E-state index in [2.05, 4.69) is 64.1 Å². The molecular weight excluding hydrogens is 854 g/mol. The van der Waals surface area contributed by atoms with Crippen LogP contribution in [0.25, 0.3) is 5.57 Å². The van der Waals surface area contributed by atoms with Crippen LogP contribution in [0, 0.1) is 11.7 Å². The standard InChI is InChI=1S/C48H62FN5O10Si/c1-12-21-62-47(59)52-42(27(2)3)44(56)50-31(10)43(55)51-36-19-13-32(14-20-36)26-63-48(60)54-38-24-41(64-65(28(4)5,29(6)7)30(8)9)40(61-11)23-37(38)45(57)53-25-34(22-39(53)46(54)58)33-15-17-35(49)18-16-33/h12-20,23-25,27-31,39,42,46,58H,1,21-22,26H2,2-11H3,(H,50,56)(H,51,55)(H,52,59)/t31-,39-,42-,46-/m0/s1. The molecule has 0 spiro atoms. The van der Waals surface area contributed by atoms with Crippen molar-refractivity contribution in [1.29, 1.82) is 0 Å². The number of alkyl carbamates (subject to hydrolysis) is 1. The van der Waals surface area contributed by atoms with Crippen molar-refractivity contribution in [3.63, 3.8) is 0 Å². The quantitative estimate of drug-likeness (QED) is 0.0756. The number of methoxy groups -OCH3 is 1. The molecule has 0 radical (unpaired) electrons. The highest BCUT2D eigenvalue weighted by atomic mass is 28.4. The van der Waals surface area contributed by atoms with Crippen LogP contribution in [-0.2, 0) is 25.7 Å². The highest BCUT2D eigenvalue weighted by Gasteiger charge is 2.49. The van der Waals surface area contributed by atoms with Gasteiger partial charge in [0.05, 0.1) is 24.4 Å². The lowest BCUT2D eigenvalue weighted by atomic mass is 10.0. The highest BCUT2D eigenvalue weighted by Crippen LogP contribution is 2.48. The van der Waals surface area contributed by atoms with Gasteiger partial charge in [-0.2, -0.15) is 0 Å². The molecule has 2 aliphatic heterocycles. The van der Waals surface area contributed by atoms with Crippen molar-refractivity contribution in [3.05, 3.63) is 102 Å². The number of fused-ring (bicyclic) bond motifs is 2. The summed E-state index contributed by atoms with van der Waals surface area (Å²) in [6.07, 6.45) is -0.159. The van der Waals surface area contributed by atoms with E-state index in [1.807, 2.05) is 0 Å². The number of halogens is 1. The van der Waals surface area contributed by atoms with Crippen LogP contribution >= 0.6 is 0 Å². The van der Waals surface area contributed by atoms with Gasteiger partial charge in [-0.05, 0) is 82.9 Å². The Bertz CT molecular complexity index is 2240. The van der Waals surface area contributed by atoms with E-state index < -0.39 is 68.4 Å². The monoisotopic (exact) mass is 915 g/mol. The number of nitrogens with zero attached hydrogens (tertiary/aromatic N) is 2.